The number of hydrogen-bond donors (Lipinski definition) is 1. The maximum absolute atomic E-state index is 12.1. The van der Waals surface area contributed by atoms with Gasteiger partial charge >= 0.3 is 5.97 Å². The van der Waals surface area contributed by atoms with Crippen LogP contribution in [0.3, 0.4) is 0 Å². The summed E-state index contributed by atoms with van der Waals surface area (Å²) in [6, 6.07) is 0. The van der Waals surface area contributed by atoms with Crippen molar-refractivity contribution in [1.82, 2.24) is 0 Å². The Morgan fingerprint density at radius 3 is 1.33 bits per heavy atom. The maximum Gasteiger partial charge on any atom is 0.306 e. The first-order valence-corrected chi connectivity index (χ1v) is 19.3. The molecule has 256 valence electrons. The van der Waals surface area contributed by atoms with Crippen LogP contribution in [0.2, 0.25) is 0 Å². The molecule has 0 rings (SSSR count). The average Bonchev–Trinajstić information content (AvgIpc) is 3.01. The molecule has 1 atom stereocenters. The SMILES string of the molecule is CCCCCCCC/C=C\CCCCCCCCCCOCC(CO)OC(=O)CCCCCCCCCCCCCCC. The Morgan fingerprint density at radius 2 is 0.907 bits per heavy atom. The molecule has 0 fully saturated rings. The Hall–Kier alpha value is -0.870. The number of hydrogen-bond acceptors (Lipinski definition) is 4. The van der Waals surface area contributed by atoms with E-state index in [4.69, 9.17) is 9.47 Å². The van der Waals surface area contributed by atoms with Gasteiger partial charge in [-0.25, -0.2) is 0 Å². The van der Waals surface area contributed by atoms with E-state index in [1.807, 2.05) is 0 Å². The summed E-state index contributed by atoms with van der Waals surface area (Å²) in [4.78, 5) is 12.1. The van der Waals surface area contributed by atoms with Gasteiger partial charge in [-0.3, -0.25) is 4.79 Å². The van der Waals surface area contributed by atoms with Gasteiger partial charge in [0.05, 0.1) is 13.2 Å². The van der Waals surface area contributed by atoms with Gasteiger partial charge in [0.15, 0.2) is 0 Å². The lowest BCUT2D eigenvalue weighted by Crippen LogP contribution is -2.27. The third kappa shape index (κ3) is 35.5. The monoisotopic (exact) mass is 609 g/mol. The Balaban J connectivity index is 3.40. The van der Waals surface area contributed by atoms with E-state index < -0.39 is 6.10 Å². The first-order chi connectivity index (χ1) is 21.2. The molecule has 0 amide bonds. The molecule has 0 aliphatic heterocycles. The van der Waals surface area contributed by atoms with Crippen molar-refractivity contribution in [3.8, 4) is 0 Å². The molecule has 0 aromatic heterocycles. The zero-order chi connectivity index (χ0) is 31.3. The maximum atomic E-state index is 12.1. The van der Waals surface area contributed by atoms with Crippen molar-refractivity contribution in [3.63, 3.8) is 0 Å². The van der Waals surface area contributed by atoms with Gasteiger partial charge in [0.1, 0.15) is 6.10 Å². The van der Waals surface area contributed by atoms with Gasteiger partial charge in [-0.2, -0.15) is 0 Å². The van der Waals surface area contributed by atoms with E-state index in [2.05, 4.69) is 26.0 Å². The quantitative estimate of drug-likeness (QED) is 0.0437. The van der Waals surface area contributed by atoms with E-state index in [1.54, 1.807) is 0 Å². The molecule has 0 saturated carbocycles. The highest BCUT2D eigenvalue weighted by Crippen LogP contribution is 2.14. The van der Waals surface area contributed by atoms with Gasteiger partial charge in [0.25, 0.3) is 0 Å². The summed E-state index contributed by atoms with van der Waals surface area (Å²) in [6.07, 6.45) is 42.5. The number of carbonyl (C=O) groups is 1. The fraction of sp³-hybridized carbons (Fsp3) is 0.923. The summed E-state index contributed by atoms with van der Waals surface area (Å²) in [5, 5.41) is 9.56. The van der Waals surface area contributed by atoms with E-state index in [0.717, 1.165) is 19.3 Å². The summed E-state index contributed by atoms with van der Waals surface area (Å²) in [6.45, 7) is 5.36. The number of esters is 1. The molecule has 4 nitrogen and oxygen atoms in total. The first-order valence-electron chi connectivity index (χ1n) is 19.3. The largest absolute Gasteiger partial charge is 0.457 e. The molecule has 43 heavy (non-hydrogen) atoms. The molecule has 0 radical (unpaired) electrons. The average molecular weight is 609 g/mol. The second kappa shape index (κ2) is 37.3. The Bertz CT molecular complexity index is 561. The third-order valence-corrected chi connectivity index (χ3v) is 8.59. The van der Waals surface area contributed by atoms with E-state index in [0.29, 0.717) is 19.6 Å². The minimum atomic E-state index is -0.528. The van der Waals surface area contributed by atoms with Gasteiger partial charge in [-0.1, -0.05) is 174 Å². The second-order valence-electron chi connectivity index (χ2n) is 13.0. The second-order valence-corrected chi connectivity index (χ2v) is 13.0. The highest BCUT2D eigenvalue weighted by molar-refractivity contribution is 5.69. The molecule has 0 bridgehead atoms. The third-order valence-electron chi connectivity index (χ3n) is 8.59. The van der Waals surface area contributed by atoms with Gasteiger partial charge in [-0.05, 0) is 38.5 Å². The summed E-state index contributed by atoms with van der Waals surface area (Å²) >= 11 is 0. The summed E-state index contributed by atoms with van der Waals surface area (Å²) in [7, 11) is 0. The Morgan fingerprint density at radius 1 is 0.535 bits per heavy atom. The minimum Gasteiger partial charge on any atom is -0.457 e. The number of carbonyl (C=O) groups excluding carboxylic acids is 1. The van der Waals surface area contributed by atoms with Crippen LogP contribution in [0.25, 0.3) is 0 Å². The van der Waals surface area contributed by atoms with E-state index in [1.165, 1.54) is 167 Å². The fourth-order valence-corrected chi connectivity index (χ4v) is 5.68. The lowest BCUT2D eigenvalue weighted by Gasteiger charge is -2.16. The topological polar surface area (TPSA) is 55.8 Å². The number of unbranched alkanes of at least 4 members (excludes halogenated alkanes) is 26. The number of aliphatic hydroxyl groups is 1. The Labute approximate surface area is 269 Å². The molecule has 0 aromatic carbocycles. The van der Waals surface area contributed by atoms with Crippen LogP contribution in [0.5, 0.6) is 0 Å². The molecule has 0 spiro atoms. The molecule has 1 N–H and O–H groups in total. The predicted octanol–water partition coefficient (Wildman–Crippen LogP) is 12.2. The molecular weight excluding hydrogens is 532 g/mol. The number of rotatable bonds is 36. The zero-order valence-corrected chi connectivity index (χ0v) is 29.2. The lowest BCUT2D eigenvalue weighted by atomic mass is 10.0. The molecular formula is C39H76O4. The van der Waals surface area contributed by atoms with E-state index in [-0.39, 0.29) is 12.6 Å². The number of allylic oxidation sites excluding steroid dienone is 2. The molecule has 0 heterocycles. The van der Waals surface area contributed by atoms with Crippen LogP contribution in [0.4, 0.5) is 0 Å². The van der Waals surface area contributed by atoms with Crippen molar-refractivity contribution in [3.05, 3.63) is 12.2 Å². The highest BCUT2D eigenvalue weighted by atomic mass is 16.6. The molecule has 4 heteroatoms. The van der Waals surface area contributed by atoms with Gasteiger partial charge in [0.2, 0.25) is 0 Å². The van der Waals surface area contributed by atoms with Crippen LogP contribution >= 0.6 is 0 Å². The fourth-order valence-electron chi connectivity index (χ4n) is 5.68. The first kappa shape index (κ1) is 42.1. The zero-order valence-electron chi connectivity index (χ0n) is 29.2. The molecule has 1 unspecified atom stereocenters. The van der Waals surface area contributed by atoms with Crippen LogP contribution in [0.15, 0.2) is 12.2 Å². The Kier molecular flexibility index (Phi) is 36.6. The smallest absolute Gasteiger partial charge is 0.306 e. The van der Waals surface area contributed by atoms with Gasteiger partial charge < -0.3 is 14.6 Å². The molecule has 0 aliphatic rings. The van der Waals surface area contributed by atoms with Crippen molar-refractivity contribution < 1.29 is 19.4 Å². The van der Waals surface area contributed by atoms with Crippen molar-refractivity contribution in [2.24, 2.45) is 0 Å². The minimum absolute atomic E-state index is 0.167. The standard InChI is InChI=1S/C39H76O4/c1-3-5-7-9-11-13-15-17-18-19-20-21-23-25-27-29-31-33-35-42-37-38(36-40)43-39(41)34-32-30-28-26-24-22-16-14-12-10-8-6-4-2/h17-18,38,40H,3-16,19-37H2,1-2H3/b18-17-. The summed E-state index contributed by atoms with van der Waals surface area (Å²) < 4.78 is 11.1. The number of ether oxygens (including phenoxy) is 2. The predicted molar refractivity (Wildman–Crippen MR) is 187 cm³/mol. The van der Waals surface area contributed by atoms with Crippen LogP contribution in [0.1, 0.15) is 206 Å². The highest BCUT2D eigenvalue weighted by Gasteiger charge is 2.13. The lowest BCUT2D eigenvalue weighted by molar-refractivity contribution is -0.154. The summed E-state index contributed by atoms with van der Waals surface area (Å²) in [5.74, 6) is -0.199. The van der Waals surface area contributed by atoms with Crippen LogP contribution in [0, 0.1) is 0 Å². The van der Waals surface area contributed by atoms with Crippen LogP contribution in [-0.2, 0) is 14.3 Å². The molecule has 0 saturated heterocycles. The van der Waals surface area contributed by atoms with Crippen molar-refractivity contribution in [2.45, 2.75) is 213 Å². The number of aliphatic hydroxyl groups excluding tert-OH is 1. The van der Waals surface area contributed by atoms with Gasteiger partial charge in [0, 0.05) is 13.0 Å². The van der Waals surface area contributed by atoms with Crippen LogP contribution in [-0.4, -0.2) is 37.0 Å². The van der Waals surface area contributed by atoms with Gasteiger partial charge in [-0.15, -0.1) is 0 Å². The van der Waals surface area contributed by atoms with Crippen molar-refractivity contribution in [2.75, 3.05) is 19.8 Å². The van der Waals surface area contributed by atoms with Crippen molar-refractivity contribution in [1.29, 1.82) is 0 Å². The molecule has 0 aromatic rings. The molecule has 0 aliphatic carbocycles. The van der Waals surface area contributed by atoms with E-state index >= 15 is 0 Å². The van der Waals surface area contributed by atoms with Crippen molar-refractivity contribution >= 4 is 5.97 Å². The normalized spacial score (nSPS) is 12.3. The van der Waals surface area contributed by atoms with E-state index in [9.17, 15) is 9.90 Å². The summed E-state index contributed by atoms with van der Waals surface area (Å²) in [5.41, 5.74) is 0. The van der Waals surface area contributed by atoms with Crippen LogP contribution < -0.4 is 0 Å².